The molecule has 0 aliphatic carbocycles. The Bertz CT molecular complexity index is 481. The van der Waals surface area contributed by atoms with Crippen molar-refractivity contribution < 1.29 is 13.2 Å². The zero-order chi connectivity index (χ0) is 13.7. The molecule has 0 unspecified atom stereocenters. The van der Waals surface area contributed by atoms with Crippen molar-refractivity contribution >= 4 is 16.5 Å². The summed E-state index contributed by atoms with van der Waals surface area (Å²) in [6, 6.07) is 10.8. The largest absolute Gasteiger partial charge is 0.353 e. The summed E-state index contributed by atoms with van der Waals surface area (Å²) in [5.41, 5.74) is 5.62. The van der Waals surface area contributed by atoms with Crippen LogP contribution in [-0.2, 0) is 10.5 Å². The normalized spacial score (nSPS) is 7.12. The molecule has 92 valence electrons. The van der Waals surface area contributed by atoms with Gasteiger partial charge in [-0.3, -0.25) is 0 Å². The Morgan fingerprint density at radius 2 is 1.76 bits per heavy atom. The predicted octanol–water partition coefficient (Wildman–Crippen LogP) is 1.65. The highest BCUT2D eigenvalue weighted by Crippen LogP contribution is 1.92. The second-order valence-electron chi connectivity index (χ2n) is 2.52. The molecule has 1 aromatic rings. The Balaban J connectivity index is 0. The van der Waals surface area contributed by atoms with E-state index in [1.165, 1.54) is 12.5 Å². The lowest BCUT2D eigenvalue weighted by Gasteiger charge is -1.82. The molecular formula is C10H13N3O3S. The van der Waals surface area contributed by atoms with Gasteiger partial charge in [-0.1, -0.05) is 40.3 Å². The number of aryl methyl sites for hydroxylation is 1. The summed E-state index contributed by atoms with van der Waals surface area (Å²) >= 11 is 0. The Kier molecular flexibility index (Phi) is 12.0. The Labute approximate surface area is 101 Å². The molecule has 0 fully saturated rings. The first kappa shape index (κ1) is 17.2. The number of benzene rings is 1. The van der Waals surface area contributed by atoms with E-state index in [9.17, 15) is 13.2 Å². The molecule has 0 saturated heterocycles. The number of rotatable bonds is 0. The number of primary amides is 1. The van der Waals surface area contributed by atoms with Gasteiger partial charge in [-0.05, 0) is 6.92 Å². The van der Waals surface area contributed by atoms with E-state index in [1.54, 1.807) is 6.07 Å². The maximum Gasteiger partial charge on any atom is 0.353 e. The average molecular weight is 255 g/mol. The van der Waals surface area contributed by atoms with Crippen LogP contribution in [0.1, 0.15) is 12.5 Å². The summed E-state index contributed by atoms with van der Waals surface area (Å²) in [7, 11) is -2.70. The molecule has 0 radical (unpaired) electrons. The van der Waals surface area contributed by atoms with Gasteiger partial charge in [0, 0.05) is 6.92 Å². The van der Waals surface area contributed by atoms with Crippen LogP contribution in [0.15, 0.2) is 34.7 Å². The van der Waals surface area contributed by atoms with Gasteiger partial charge in [0.25, 0.3) is 0 Å². The second kappa shape index (κ2) is 11.9. The number of nitrogens with two attached hydrogens (primary N) is 1. The standard InChI is InChI=1S/C7H8.C2H3N.CH2N2O3S/c1-7-5-3-2-4-6-7;1-2-3;2-1(4)3-7(5)6/h2-6H,1H3;1H3;(H2,2,4). The van der Waals surface area contributed by atoms with Crippen molar-refractivity contribution in [3.63, 3.8) is 0 Å². The Morgan fingerprint density at radius 1 is 1.35 bits per heavy atom. The topological polar surface area (TPSA) is 113 Å². The highest BCUT2D eigenvalue weighted by Gasteiger charge is 1.80. The van der Waals surface area contributed by atoms with Crippen LogP contribution < -0.4 is 5.73 Å². The lowest BCUT2D eigenvalue weighted by Crippen LogP contribution is -2.02. The van der Waals surface area contributed by atoms with Gasteiger partial charge >= 0.3 is 16.5 Å². The lowest BCUT2D eigenvalue weighted by atomic mass is 10.2. The quantitative estimate of drug-likeness (QED) is 0.759. The van der Waals surface area contributed by atoms with Crippen LogP contribution in [0.3, 0.4) is 0 Å². The number of nitrogens with zero attached hydrogens (tertiary/aromatic N) is 2. The molecule has 0 aliphatic heterocycles. The third-order valence-corrected chi connectivity index (χ3v) is 1.43. The van der Waals surface area contributed by atoms with Gasteiger partial charge in [0.05, 0.1) is 6.07 Å². The molecule has 2 N–H and O–H groups in total. The molecule has 0 aromatic heterocycles. The number of hydrogen-bond donors (Lipinski definition) is 1. The maximum absolute atomic E-state index is 9.47. The molecule has 2 amide bonds. The van der Waals surface area contributed by atoms with Gasteiger partial charge in [0.15, 0.2) is 0 Å². The van der Waals surface area contributed by atoms with Gasteiger partial charge in [-0.15, -0.1) is 0 Å². The van der Waals surface area contributed by atoms with Gasteiger partial charge in [-0.25, -0.2) is 4.79 Å². The first-order valence-electron chi connectivity index (χ1n) is 4.37. The molecular weight excluding hydrogens is 242 g/mol. The summed E-state index contributed by atoms with van der Waals surface area (Å²) < 4.78 is 21.0. The molecule has 7 heteroatoms. The molecule has 1 rings (SSSR count). The molecule has 0 saturated carbocycles. The van der Waals surface area contributed by atoms with Crippen molar-refractivity contribution in [1.29, 1.82) is 5.26 Å². The molecule has 17 heavy (non-hydrogen) atoms. The number of nitriles is 1. The monoisotopic (exact) mass is 255 g/mol. The minimum absolute atomic E-state index is 1.20. The summed E-state index contributed by atoms with van der Waals surface area (Å²) in [5.74, 6) is 0. The van der Waals surface area contributed by atoms with Crippen LogP contribution in [0.4, 0.5) is 4.79 Å². The smallest absolute Gasteiger partial charge is 0.349 e. The fourth-order valence-corrected chi connectivity index (χ4v) is 0.755. The van der Waals surface area contributed by atoms with E-state index < -0.39 is 16.5 Å². The fourth-order valence-electron chi connectivity index (χ4n) is 0.608. The van der Waals surface area contributed by atoms with Crippen molar-refractivity contribution in [3.8, 4) is 6.07 Å². The van der Waals surface area contributed by atoms with Crippen LogP contribution in [0.5, 0.6) is 0 Å². The molecule has 6 nitrogen and oxygen atoms in total. The van der Waals surface area contributed by atoms with E-state index in [0.717, 1.165) is 0 Å². The van der Waals surface area contributed by atoms with Crippen LogP contribution in [0.25, 0.3) is 0 Å². The molecule has 0 spiro atoms. The van der Waals surface area contributed by atoms with Crippen molar-refractivity contribution in [2.24, 2.45) is 10.1 Å². The van der Waals surface area contributed by atoms with E-state index in [2.05, 4.69) is 29.2 Å². The molecule has 0 aliphatic rings. The Morgan fingerprint density at radius 3 is 1.88 bits per heavy atom. The van der Waals surface area contributed by atoms with Crippen molar-refractivity contribution in [1.82, 2.24) is 0 Å². The van der Waals surface area contributed by atoms with E-state index in [4.69, 9.17) is 5.26 Å². The third-order valence-electron chi connectivity index (χ3n) is 1.10. The highest BCUT2D eigenvalue weighted by atomic mass is 32.2. The van der Waals surface area contributed by atoms with Crippen molar-refractivity contribution in [2.75, 3.05) is 0 Å². The summed E-state index contributed by atoms with van der Waals surface area (Å²) in [6.45, 7) is 3.51. The number of amides is 2. The van der Waals surface area contributed by atoms with Gasteiger partial charge in [-0.2, -0.15) is 13.7 Å². The first-order valence-corrected chi connectivity index (χ1v) is 5.40. The third kappa shape index (κ3) is 20.0. The zero-order valence-electron chi connectivity index (χ0n) is 9.49. The first-order chi connectivity index (χ1) is 7.93. The fraction of sp³-hybridized carbons (Fsp3) is 0.200. The summed E-state index contributed by atoms with van der Waals surface area (Å²) in [6.07, 6.45) is 0. The van der Waals surface area contributed by atoms with Crippen molar-refractivity contribution in [3.05, 3.63) is 35.9 Å². The van der Waals surface area contributed by atoms with Gasteiger partial charge in [0.2, 0.25) is 0 Å². The number of hydrogen-bond acceptors (Lipinski definition) is 4. The van der Waals surface area contributed by atoms with Crippen molar-refractivity contribution in [2.45, 2.75) is 13.8 Å². The van der Waals surface area contributed by atoms with E-state index in [1.807, 2.05) is 18.2 Å². The zero-order valence-corrected chi connectivity index (χ0v) is 10.3. The SMILES string of the molecule is CC#N.Cc1ccccc1.NC(=O)N=S(=O)=O. The van der Waals surface area contributed by atoms with E-state index in [0.29, 0.717) is 0 Å². The van der Waals surface area contributed by atoms with Crippen LogP contribution in [0, 0.1) is 18.3 Å². The van der Waals surface area contributed by atoms with Gasteiger partial charge in [0.1, 0.15) is 0 Å². The lowest BCUT2D eigenvalue weighted by molar-refractivity contribution is 0.257. The Hall–Kier alpha value is -2.20. The minimum atomic E-state index is -2.70. The average Bonchev–Trinajstić information content (AvgIpc) is 2.18. The van der Waals surface area contributed by atoms with E-state index >= 15 is 0 Å². The molecule has 0 bridgehead atoms. The second-order valence-corrected chi connectivity index (χ2v) is 3.14. The van der Waals surface area contributed by atoms with Crippen LogP contribution >= 0.6 is 0 Å². The summed E-state index contributed by atoms with van der Waals surface area (Å²) in [4.78, 5) is 9.47. The van der Waals surface area contributed by atoms with Gasteiger partial charge < -0.3 is 5.73 Å². The molecule has 0 heterocycles. The van der Waals surface area contributed by atoms with Crippen LogP contribution in [-0.4, -0.2) is 14.4 Å². The molecule has 1 aromatic carbocycles. The minimum Gasteiger partial charge on any atom is -0.349 e. The molecule has 0 atom stereocenters. The predicted molar refractivity (Wildman–Crippen MR) is 63.4 cm³/mol. The summed E-state index contributed by atoms with van der Waals surface area (Å²) in [5, 5.41) is 7.32. The van der Waals surface area contributed by atoms with Crippen LogP contribution in [0.2, 0.25) is 0 Å². The number of carbonyl (C=O) groups is 1. The maximum atomic E-state index is 9.47. The highest BCUT2D eigenvalue weighted by molar-refractivity contribution is 7.62. The number of carbonyl (C=O) groups excluding carboxylic acids is 1. The number of urea groups is 1. The van der Waals surface area contributed by atoms with E-state index in [-0.39, 0.29) is 0 Å².